The van der Waals surface area contributed by atoms with E-state index in [0.29, 0.717) is 5.54 Å². The molecule has 0 aromatic heterocycles. The highest BCUT2D eigenvalue weighted by molar-refractivity contribution is 5.06. The molecule has 1 saturated heterocycles. The van der Waals surface area contributed by atoms with Gasteiger partial charge in [-0.25, -0.2) is 0 Å². The van der Waals surface area contributed by atoms with E-state index in [4.69, 9.17) is 9.47 Å². The Bertz CT molecular complexity index is 202. The van der Waals surface area contributed by atoms with E-state index in [1.165, 1.54) is 25.7 Å². The second kappa shape index (κ2) is 4.40. The maximum Gasteiger partial charge on any atom is 0.0932 e. The molecule has 1 aliphatic carbocycles. The molecule has 1 aliphatic heterocycles. The highest BCUT2D eigenvalue weighted by Gasteiger charge is 2.49. The molecule has 3 heteroatoms. The van der Waals surface area contributed by atoms with Crippen LogP contribution in [0.1, 0.15) is 38.5 Å². The molecule has 15 heavy (non-hydrogen) atoms. The Hall–Kier alpha value is -0.120. The van der Waals surface area contributed by atoms with Crippen LogP contribution in [-0.2, 0) is 9.47 Å². The average Bonchev–Trinajstić information content (AvgIpc) is 3.00. The van der Waals surface area contributed by atoms with Crippen molar-refractivity contribution in [2.75, 3.05) is 27.4 Å². The van der Waals surface area contributed by atoms with Crippen molar-refractivity contribution in [3.05, 3.63) is 0 Å². The number of nitrogens with one attached hydrogen (secondary N) is 1. The molecule has 3 nitrogen and oxygen atoms in total. The average molecular weight is 213 g/mol. The van der Waals surface area contributed by atoms with Gasteiger partial charge in [-0.1, -0.05) is 0 Å². The predicted molar refractivity (Wildman–Crippen MR) is 60.1 cm³/mol. The van der Waals surface area contributed by atoms with E-state index < -0.39 is 0 Å². The molecule has 1 heterocycles. The van der Waals surface area contributed by atoms with Gasteiger partial charge in [0.1, 0.15) is 0 Å². The quantitative estimate of drug-likeness (QED) is 0.754. The summed E-state index contributed by atoms with van der Waals surface area (Å²) in [6.45, 7) is 1.65. The highest BCUT2D eigenvalue weighted by atomic mass is 16.5. The smallest absolute Gasteiger partial charge is 0.0932 e. The molecule has 2 fully saturated rings. The van der Waals surface area contributed by atoms with Crippen molar-refractivity contribution in [2.24, 2.45) is 0 Å². The topological polar surface area (TPSA) is 30.5 Å². The van der Waals surface area contributed by atoms with Crippen LogP contribution in [0.5, 0.6) is 0 Å². The van der Waals surface area contributed by atoms with E-state index >= 15 is 0 Å². The molecule has 2 aliphatic rings. The van der Waals surface area contributed by atoms with E-state index in [0.717, 1.165) is 26.1 Å². The molecule has 0 amide bonds. The van der Waals surface area contributed by atoms with E-state index in [1.54, 1.807) is 7.11 Å². The van der Waals surface area contributed by atoms with Crippen molar-refractivity contribution >= 4 is 0 Å². The van der Waals surface area contributed by atoms with Gasteiger partial charge in [-0.15, -0.1) is 0 Å². The lowest BCUT2D eigenvalue weighted by Gasteiger charge is -2.39. The summed E-state index contributed by atoms with van der Waals surface area (Å²) < 4.78 is 11.4. The summed E-state index contributed by atoms with van der Waals surface area (Å²) in [5.74, 6) is 0. The van der Waals surface area contributed by atoms with Crippen LogP contribution in [0.15, 0.2) is 0 Å². The number of methoxy groups -OCH3 is 1. The summed E-state index contributed by atoms with van der Waals surface area (Å²) in [5, 5.41) is 3.45. The van der Waals surface area contributed by atoms with Gasteiger partial charge in [-0.2, -0.15) is 0 Å². The van der Waals surface area contributed by atoms with Crippen molar-refractivity contribution < 1.29 is 9.47 Å². The standard InChI is InChI=1S/C12H23NO2/c1-13-11(6-7-11)9-12(10-14-2)5-3-4-8-15-12/h13H,3-10H2,1-2H3. The largest absolute Gasteiger partial charge is 0.382 e. The van der Waals surface area contributed by atoms with Crippen LogP contribution in [-0.4, -0.2) is 38.5 Å². The Balaban J connectivity index is 1.98. The lowest BCUT2D eigenvalue weighted by atomic mass is 9.87. The summed E-state index contributed by atoms with van der Waals surface area (Å²) in [7, 11) is 3.84. The summed E-state index contributed by atoms with van der Waals surface area (Å²) >= 11 is 0. The molecule has 88 valence electrons. The van der Waals surface area contributed by atoms with Crippen LogP contribution in [0.3, 0.4) is 0 Å². The van der Waals surface area contributed by atoms with Crippen LogP contribution in [0.25, 0.3) is 0 Å². The first kappa shape index (κ1) is 11.4. The summed E-state index contributed by atoms with van der Waals surface area (Å²) in [6.07, 6.45) is 7.34. The van der Waals surface area contributed by atoms with E-state index in [2.05, 4.69) is 12.4 Å². The van der Waals surface area contributed by atoms with Gasteiger partial charge in [-0.3, -0.25) is 0 Å². The molecule has 0 aromatic rings. The third-order valence-electron chi connectivity index (χ3n) is 3.89. The molecule has 0 bridgehead atoms. The molecule has 1 unspecified atom stereocenters. The Morgan fingerprint density at radius 1 is 1.27 bits per heavy atom. The molecular formula is C12H23NO2. The predicted octanol–water partition coefficient (Wildman–Crippen LogP) is 1.71. The third-order valence-corrected chi connectivity index (χ3v) is 3.89. The zero-order valence-electron chi connectivity index (χ0n) is 9.97. The summed E-state index contributed by atoms with van der Waals surface area (Å²) in [5.41, 5.74) is 0.350. The molecule has 1 saturated carbocycles. The Labute approximate surface area is 92.5 Å². The molecule has 1 N–H and O–H groups in total. The Morgan fingerprint density at radius 2 is 2.07 bits per heavy atom. The highest BCUT2D eigenvalue weighted by Crippen LogP contribution is 2.45. The van der Waals surface area contributed by atoms with Crippen molar-refractivity contribution in [1.29, 1.82) is 0 Å². The molecule has 2 rings (SSSR count). The molecule has 0 spiro atoms. The second-order valence-corrected chi connectivity index (χ2v) is 5.13. The van der Waals surface area contributed by atoms with E-state index in [-0.39, 0.29) is 5.60 Å². The third kappa shape index (κ3) is 2.52. The fraction of sp³-hybridized carbons (Fsp3) is 1.00. The molecule has 0 aromatic carbocycles. The van der Waals surface area contributed by atoms with E-state index in [1.807, 2.05) is 0 Å². The minimum absolute atomic E-state index is 0.00743. The van der Waals surface area contributed by atoms with Gasteiger partial charge in [0.25, 0.3) is 0 Å². The van der Waals surface area contributed by atoms with Crippen molar-refractivity contribution in [1.82, 2.24) is 5.32 Å². The van der Waals surface area contributed by atoms with Crippen molar-refractivity contribution in [3.8, 4) is 0 Å². The van der Waals surface area contributed by atoms with Crippen LogP contribution in [0, 0.1) is 0 Å². The monoisotopic (exact) mass is 213 g/mol. The minimum atomic E-state index is -0.00743. The Kier molecular flexibility index (Phi) is 3.33. The first-order valence-corrected chi connectivity index (χ1v) is 6.06. The maximum absolute atomic E-state index is 6.02. The number of rotatable bonds is 5. The minimum Gasteiger partial charge on any atom is -0.382 e. The van der Waals surface area contributed by atoms with Gasteiger partial charge in [-0.05, 0) is 45.6 Å². The zero-order chi connectivity index (χ0) is 10.8. The van der Waals surface area contributed by atoms with Crippen LogP contribution in [0.2, 0.25) is 0 Å². The number of ether oxygens (including phenoxy) is 2. The van der Waals surface area contributed by atoms with Gasteiger partial charge < -0.3 is 14.8 Å². The van der Waals surface area contributed by atoms with Crippen molar-refractivity contribution in [3.63, 3.8) is 0 Å². The Morgan fingerprint density at radius 3 is 2.53 bits per heavy atom. The van der Waals surface area contributed by atoms with Gasteiger partial charge in [0.15, 0.2) is 0 Å². The molecule has 0 radical (unpaired) electrons. The fourth-order valence-corrected chi connectivity index (χ4v) is 2.76. The molecular weight excluding hydrogens is 190 g/mol. The number of hydrogen-bond acceptors (Lipinski definition) is 3. The number of hydrogen-bond donors (Lipinski definition) is 1. The lowest BCUT2D eigenvalue weighted by Crippen LogP contribution is -2.47. The fourth-order valence-electron chi connectivity index (χ4n) is 2.76. The van der Waals surface area contributed by atoms with Crippen LogP contribution in [0.4, 0.5) is 0 Å². The SMILES string of the molecule is CNC1(CC2(COC)CCCCO2)CC1. The zero-order valence-corrected chi connectivity index (χ0v) is 9.97. The van der Waals surface area contributed by atoms with E-state index in [9.17, 15) is 0 Å². The summed E-state index contributed by atoms with van der Waals surface area (Å²) in [6, 6.07) is 0. The first-order chi connectivity index (χ1) is 7.24. The van der Waals surface area contributed by atoms with Gasteiger partial charge in [0.2, 0.25) is 0 Å². The molecule has 1 atom stereocenters. The maximum atomic E-state index is 6.02. The van der Waals surface area contributed by atoms with Gasteiger partial charge >= 0.3 is 0 Å². The first-order valence-electron chi connectivity index (χ1n) is 6.06. The normalized spacial score (nSPS) is 34.0. The summed E-state index contributed by atoms with van der Waals surface area (Å²) in [4.78, 5) is 0. The second-order valence-electron chi connectivity index (χ2n) is 5.13. The van der Waals surface area contributed by atoms with Gasteiger partial charge in [0, 0.05) is 19.3 Å². The van der Waals surface area contributed by atoms with Crippen LogP contribution >= 0.6 is 0 Å². The lowest BCUT2D eigenvalue weighted by molar-refractivity contribution is -0.125. The van der Waals surface area contributed by atoms with Gasteiger partial charge in [0.05, 0.1) is 12.2 Å². The van der Waals surface area contributed by atoms with Crippen LogP contribution < -0.4 is 5.32 Å². The van der Waals surface area contributed by atoms with Crippen molar-refractivity contribution in [2.45, 2.75) is 49.7 Å².